The van der Waals surface area contributed by atoms with Gasteiger partial charge in [0.05, 0.1) is 5.56 Å². The number of thioether (sulfide) groups is 1. The van der Waals surface area contributed by atoms with Gasteiger partial charge in [-0.25, -0.2) is 4.98 Å². The molecule has 0 aliphatic heterocycles. The van der Waals surface area contributed by atoms with Gasteiger partial charge in [-0.15, -0.1) is 0 Å². The molecule has 0 aliphatic rings. The van der Waals surface area contributed by atoms with Crippen LogP contribution in [0.15, 0.2) is 41.8 Å². The zero-order valence-electron chi connectivity index (χ0n) is 9.61. The summed E-state index contributed by atoms with van der Waals surface area (Å²) in [5, 5.41) is 0.701. The predicted octanol–water partition coefficient (Wildman–Crippen LogP) is 3.73. The van der Waals surface area contributed by atoms with Gasteiger partial charge in [-0.1, -0.05) is 30.0 Å². The van der Waals surface area contributed by atoms with Crippen LogP contribution in [0.1, 0.15) is 11.1 Å². The van der Waals surface area contributed by atoms with E-state index < -0.39 is 11.7 Å². The first-order valence-electron chi connectivity index (χ1n) is 5.23. The summed E-state index contributed by atoms with van der Waals surface area (Å²) in [4.78, 5) is 4.07. The maximum absolute atomic E-state index is 12.8. The van der Waals surface area contributed by atoms with Crippen LogP contribution < -0.4 is 0 Å². The predicted molar refractivity (Wildman–Crippen MR) is 64.2 cm³/mol. The number of rotatable bonds is 3. The van der Waals surface area contributed by atoms with Gasteiger partial charge < -0.3 is 4.57 Å². The van der Waals surface area contributed by atoms with Crippen LogP contribution in [0.4, 0.5) is 13.2 Å². The zero-order chi connectivity index (χ0) is 13.2. The Morgan fingerprint density at radius 1 is 1.28 bits per heavy atom. The number of halogens is 3. The lowest BCUT2D eigenvalue weighted by Crippen LogP contribution is -2.08. The van der Waals surface area contributed by atoms with Gasteiger partial charge in [0.25, 0.3) is 0 Å². The van der Waals surface area contributed by atoms with Gasteiger partial charge in [-0.2, -0.15) is 13.2 Å². The molecule has 6 heteroatoms. The number of aryl methyl sites for hydroxylation is 1. The fourth-order valence-electron chi connectivity index (χ4n) is 1.56. The molecule has 0 saturated heterocycles. The topological polar surface area (TPSA) is 17.8 Å². The van der Waals surface area contributed by atoms with Gasteiger partial charge in [0.15, 0.2) is 5.16 Å². The Kier molecular flexibility index (Phi) is 3.65. The van der Waals surface area contributed by atoms with Gasteiger partial charge in [0, 0.05) is 25.2 Å². The third kappa shape index (κ3) is 2.87. The van der Waals surface area contributed by atoms with Gasteiger partial charge in [-0.3, -0.25) is 0 Å². The molecular formula is C12H11F3N2S. The number of hydrogen-bond acceptors (Lipinski definition) is 2. The van der Waals surface area contributed by atoms with E-state index >= 15 is 0 Å². The lowest BCUT2D eigenvalue weighted by atomic mass is 10.1. The standard InChI is InChI=1S/C12H11F3N2S/c1-17-7-6-16-11(17)18-8-9-4-2-3-5-10(9)12(13,14)15/h2-7H,8H2,1H3. The Balaban J connectivity index is 2.17. The largest absolute Gasteiger partial charge is 0.416 e. The second-order valence-electron chi connectivity index (χ2n) is 3.76. The van der Waals surface area contributed by atoms with E-state index in [0.29, 0.717) is 5.16 Å². The number of imidazole rings is 1. The molecule has 2 aromatic rings. The quantitative estimate of drug-likeness (QED) is 0.792. The first-order chi connectivity index (χ1) is 8.48. The molecule has 0 radical (unpaired) electrons. The summed E-state index contributed by atoms with van der Waals surface area (Å²) in [7, 11) is 1.81. The van der Waals surface area contributed by atoms with Gasteiger partial charge in [0.2, 0.25) is 0 Å². The molecular weight excluding hydrogens is 261 g/mol. The van der Waals surface area contributed by atoms with Crippen molar-refractivity contribution in [2.45, 2.75) is 17.1 Å². The van der Waals surface area contributed by atoms with E-state index in [1.54, 1.807) is 23.0 Å². The summed E-state index contributed by atoms with van der Waals surface area (Å²) in [5.41, 5.74) is -0.301. The summed E-state index contributed by atoms with van der Waals surface area (Å²) in [6.45, 7) is 0. The average molecular weight is 272 g/mol. The minimum absolute atomic E-state index is 0.251. The smallest absolute Gasteiger partial charge is 0.329 e. The van der Waals surface area contributed by atoms with Crippen LogP contribution in [0.25, 0.3) is 0 Å². The van der Waals surface area contributed by atoms with Crippen molar-refractivity contribution in [3.8, 4) is 0 Å². The molecule has 0 unspecified atom stereocenters. The fraction of sp³-hybridized carbons (Fsp3) is 0.250. The second-order valence-corrected chi connectivity index (χ2v) is 4.71. The Morgan fingerprint density at radius 3 is 2.61 bits per heavy atom. The molecule has 2 nitrogen and oxygen atoms in total. The maximum atomic E-state index is 12.8. The van der Waals surface area contributed by atoms with Crippen molar-refractivity contribution in [2.75, 3.05) is 0 Å². The van der Waals surface area contributed by atoms with Crippen molar-refractivity contribution in [3.63, 3.8) is 0 Å². The summed E-state index contributed by atoms with van der Waals surface area (Å²) < 4.78 is 40.1. The molecule has 0 fully saturated rings. The van der Waals surface area contributed by atoms with Crippen LogP contribution in [-0.4, -0.2) is 9.55 Å². The highest BCUT2D eigenvalue weighted by molar-refractivity contribution is 7.98. The highest BCUT2D eigenvalue weighted by Crippen LogP contribution is 2.34. The first kappa shape index (κ1) is 13.0. The molecule has 1 aromatic heterocycles. The molecule has 0 atom stereocenters. The van der Waals surface area contributed by atoms with Crippen LogP contribution in [0.5, 0.6) is 0 Å². The Hall–Kier alpha value is -1.43. The molecule has 0 amide bonds. The number of benzene rings is 1. The fourth-order valence-corrected chi connectivity index (χ4v) is 2.49. The number of hydrogen-bond donors (Lipinski definition) is 0. The van der Waals surface area contributed by atoms with Crippen molar-refractivity contribution in [3.05, 3.63) is 47.8 Å². The van der Waals surface area contributed by atoms with E-state index in [-0.39, 0.29) is 11.3 Å². The van der Waals surface area contributed by atoms with Crippen molar-refractivity contribution in [2.24, 2.45) is 7.05 Å². The molecule has 1 heterocycles. The van der Waals surface area contributed by atoms with E-state index in [9.17, 15) is 13.2 Å². The molecule has 0 bridgehead atoms. The number of aromatic nitrogens is 2. The van der Waals surface area contributed by atoms with E-state index in [4.69, 9.17) is 0 Å². The third-order valence-corrected chi connectivity index (χ3v) is 3.56. The maximum Gasteiger partial charge on any atom is 0.416 e. The average Bonchev–Trinajstić information content (AvgIpc) is 2.71. The summed E-state index contributed by atoms with van der Waals surface area (Å²) in [5.74, 6) is 0.251. The van der Waals surface area contributed by atoms with E-state index in [1.807, 2.05) is 7.05 Å². The molecule has 0 N–H and O–H groups in total. The molecule has 0 spiro atoms. The molecule has 96 valence electrons. The van der Waals surface area contributed by atoms with Crippen LogP contribution in [0, 0.1) is 0 Å². The van der Waals surface area contributed by atoms with Crippen LogP contribution in [0.3, 0.4) is 0 Å². The van der Waals surface area contributed by atoms with Gasteiger partial charge in [0.1, 0.15) is 0 Å². The van der Waals surface area contributed by atoms with E-state index in [1.165, 1.54) is 23.9 Å². The van der Waals surface area contributed by atoms with E-state index in [2.05, 4.69) is 4.98 Å². The normalized spacial score (nSPS) is 11.8. The SMILES string of the molecule is Cn1ccnc1SCc1ccccc1C(F)(F)F. The van der Waals surface area contributed by atoms with Crippen LogP contribution in [-0.2, 0) is 19.0 Å². The highest BCUT2D eigenvalue weighted by Gasteiger charge is 2.32. The molecule has 1 aromatic carbocycles. The molecule has 0 saturated carbocycles. The monoisotopic (exact) mass is 272 g/mol. The van der Waals surface area contributed by atoms with E-state index in [0.717, 1.165) is 6.07 Å². The Morgan fingerprint density at radius 2 is 2.00 bits per heavy atom. The minimum Gasteiger partial charge on any atom is -0.329 e. The van der Waals surface area contributed by atoms with Crippen molar-refractivity contribution < 1.29 is 13.2 Å². The zero-order valence-corrected chi connectivity index (χ0v) is 10.4. The van der Waals surface area contributed by atoms with Crippen molar-refractivity contribution in [1.82, 2.24) is 9.55 Å². The van der Waals surface area contributed by atoms with Gasteiger partial charge in [-0.05, 0) is 11.6 Å². The summed E-state index contributed by atoms with van der Waals surface area (Å²) in [6, 6.07) is 5.62. The number of nitrogens with zero attached hydrogens (tertiary/aromatic N) is 2. The highest BCUT2D eigenvalue weighted by atomic mass is 32.2. The van der Waals surface area contributed by atoms with Crippen molar-refractivity contribution in [1.29, 1.82) is 0 Å². The third-order valence-electron chi connectivity index (χ3n) is 2.46. The summed E-state index contributed by atoms with van der Waals surface area (Å²) in [6.07, 6.45) is -0.922. The van der Waals surface area contributed by atoms with Gasteiger partial charge >= 0.3 is 6.18 Å². The molecule has 2 rings (SSSR count). The molecule has 0 aliphatic carbocycles. The Bertz CT molecular complexity index is 534. The summed E-state index contributed by atoms with van der Waals surface area (Å²) >= 11 is 1.29. The Labute approximate surface area is 107 Å². The lowest BCUT2D eigenvalue weighted by Gasteiger charge is -2.12. The molecule has 18 heavy (non-hydrogen) atoms. The lowest BCUT2D eigenvalue weighted by molar-refractivity contribution is -0.138. The number of alkyl halides is 3. The first-order valence-corrected chi connectivity index (χ1v) is 6.22. The van der Waals surface area contributed by atoms with Crippen LogP contribution in [0.2, 0.25) is 0 Å². The minimum atomic E-state index is -4.31. The van der Waals surface area contributed by atoms with Crippen molar-refractivity contribution >= 4 is 11.8 Å². The van der Waals surface area contributed by atoms with Crippen LogP contribution >= 0.6 is 11.8 Å². The second kappa shape index (κ2) is 5.06.